The third kappa shape index (κ3) is 2.63. The van der Waals surface area contributed by atoms with E-state index in [9.17, 15) is 5.11 Å². The summed E-state index contributed by atoms with van der Waals surface area (Å²) in [4.78, 5) is 0. The molecule has 2 nitrogen and oxygen atoms in total. The summed E-state index contributed by atoms with van der Waals surface area (Å²) in [6.07, 6.45) is 2.47. The van der Waals surface area contributed by atoms with Crippen molar-refractivity contribution in [1.82, 2.24) is 0 Å². The van der Waals surface area contributed by atoms with Crippen molar-refractivity contribution in [2.24, 2.45) is 11.8 Å². The first-order valence-corrected chi connectivity index (χ1v) is 9.62. The zero-order valence-electron chi connectivity index (χ0n) is 15.7. The fourth-order valence-corrected chi connectivity index (χ4v) is 5.44. The van der Waals surface area contributed by atoms with E-state index in [0.717, 1.165) is 22.2 Å². The second kappa shape index (κ2) is 5.96. The molecule has 3 saturated heterocycles. The Bertz CT molecular complexity index is 728. The summed E-state index contributed by atoms with van der Waals surface area (Å²) < 4.78 is 1.11. The highest BCUT2D eigenvalue weighted by molar-refractivity contribution is 5.45. The molecule has 0 amide bonds. The number of fused-ring (bicyclic) bond motifs is 3. The van der Waals surface area contributed by atoms with Gasteiger partial charge in [0.1, 0.15) is 5.60 Å². The van der Waals surface area contributed by atoms with Gasteiger partial charge in [0.25, 0.3) is 0 Å². The van der Waals surface area contributed by atoms with E-state index in [-0.39, 0.29) is 5.92 Å². The van der Waals surface area contributed by atoms with Crippen LogP contribution in [0.5, 0.6) is 0 Å². The van der Waals surface area contributed by atoms with Gasteiger partial charge in [0.05, 0.1) is 26.7 Å². The molecule has 25 heavy (non-hydrogen) atoms. The number of rotatable bonds is 3. The lowest BCUT2D eigenvalue weighted by Crippen LogP contribution is -2.63. The maximum Gasteiger partial charge on any atom is 0.124 e. The first-order valence-electron chi connectivity index (χ1n) is 9.62. The molecular weight excluding hydrogens is 306 g/mol. The van der Waals surface area contributed by atoms with Crippen LogP contribution in [0.1, 0.15) is 35.1 Å². The Morgan fingerprint density at radius 3 is 1.80 bits per heavy atom. The van der Waals surface area contributed by atoms with Crippen LogP contribution >= 0.6 is 0 Å². The lowest BCUT2D eigenvalue weighted by Gasteiger charge is -2.55. The zero-order valence-corrected chi connectivity index (χ0v) is 15.7. The minimum absolute atomic E-state index is 0.280. The monoisotopic (exact) mass is 336 g/mol. The third-order valence-corrected chi connectivity index (χ3v) is 6.93. The van der Waals surface area contributed by atoms with Crippen LogP contribution < -0.4 is 0 Å². The first-order chi connectivity index (χ1) is 11.9. The van der Waals surface area contributed by atoms with Crippen molar-refractivity contribution >= 4 is 0 Å². The van der Waals surface area contributed by atoms with Gasteiger partial charge in [-0.25, -0.2) is 0 Å². The van der Waals surface area contributed by atoms with Gasteiger partial charge in [-0.1, -0.05) is 48.5 Å². The van der Waals surface area contributed by atoms with Crippen molar-refractivity contribution in [1.29, 1.82) is 0 Å². The summed E-state index contributed by atoms with van der Waals surface area (Å²) in [5.74, 6) is 0.895. The highest BCUT2D eigenvalue weighted by atomic mass is 16.3. The van der Waals surface area contributed by atoms with Crippen LogP contribution in [-0.4, -0.2) is 36.3 Å². The van der Waals surface area contributed by atoms with E-state index in [1.807, 2.05) is 0 Å². The molecule has 3 heterocycles. The fraction of sp³-hybridized carbons (Fsp3) is 0.478. The molecule has 1 N–H and O–H groups in total. The topological polar surface area (TPSA) is 20.2 Å². The Morgan fingerprint density at radius 2 is 1.36 bits per heavy atom. The standard InChI is InChI=1S/C23H30NO/c1-17-8-4-6-10-20(17)23(25,21-11-7-5-9-18(21)2)22-16-24(3)14-12-19(22)13-15-24/h4-11,19,22,25H,12-16H2,1-3H3/q+1/t19?,22-,24?/m0/s1. The summed E-state index contributed by atoms with van der Waals surface area (Å²) in [7, 11) is 2.37. The zero-order chi connectivity index (χ0) is 17.7. The molecule has 0 aromatic heterocycles. The molecule has 0 radical (unpaired) electrons. The molecule has 3 fully saturated rings. The Kier molecular flexibility index (Phi) is 4.01. The quantitative estimate of drug-likeness (QED) is 0.839. The average molecular weight is 336 g/mol. The number of piperidine rings is 3. The van der Waals surface area contributed by atoms with Crippen molar-refractivity contribution < 1.29 is 9.59 Å². The van der Waals surface area contributed by atoms with E-state index in [1.54, 1.807) is 0 Å². The van der Waals surface area contributed by atoms with Gasteiger partial charge < -0.3 is 9.59 Å². The number of benzene rings is 2. The van der Waals surface area contributed by atoms with Crippen LogP contribution in [0, 0.1) is 25.7 Å². The van der Waals surface area contributed by atoms with Crippen molar-refractivity contribution in [3.63, 3.8) is 0 Å². The summed E-state index contributed by atoms with van der Waals surface area (Å²) in [5, 5.41) is 12.4. The van der Waals surface area contributed by atoms with Crippen molar-refractivity contribution in [2.45, 2.75) is 32.3 Å². The van der Waals surface area contributed by atoms with Gasteiger partial charge in [0.15, 0.2) is 0 Å². The highest BCUT2D eigenvalue weighted by Gasteiger charge is 2.54. The van der Waals surface area contributed by atoms with Crippen molar-refractivity contribution in [3.8, 4) is 0 Å². The van der Waals surface area contributed by atoms with E-state index in [0.29, 0.717) is 5.92 Å². The van der Waals surface area contributed by atoms with E-state index in [1.165, 1.54) is 37.1 Å². The smallest absolute Gasteiger partial charge is 0.124 e. The molecular formula is C23H30NO+. The molecule has 0 spiro atoms. The number of nitrogens with zero attached hydrogens (tertiary/aromatic N) is 1. The number of aliphatic hydroxyl groups is 1. The Hall–Kier alpha value is -1.64. The van der Waals surface area contributed by atoms with Crippen LogP contribution in [0.4, 0.5) is 0 Å². The molecule has 2 aromatic rings. The first kappa shape index (κ1) is 16.8. The van der Waals surface area contributed by atoms with Gasteiger partial charge in [-0.2, -0.15) is 0 Å². The number of hydrogen-bond acceptors (Lipinski definition) is 1. The summed E-state index contributed by atoms with van der Waals surface area (Å²) >= 11 is 0. The Labute approximate surface area is 151 Å². The predicted molar refractivity (Wildman–Crippen MR) is 102 cm³/mol. The third-order valence-electron chi connectivity index (χ3n) is 6.93. The van der Waals surface area contributed by atoms with Gasteiger partial charge in [0, 0.05) is 18.8 Å². The van der Waals surface area contributed by atoms with Crippen LogP contribution in [-0.2, 0) is 5.60 Å². The molecule has 2 bridgehead atoms. The number of quaternary nitrogens is 1. The van der Waals surface area contributed by atoms with Gasteiger partial charge in [-0.3, -0.25) is 0 Å². The summed E-state index contributed by atoms with van der Waals surface area (Å²) in [6, 6.07) is 16.8. The maximum atomic E-state index is 12.4. The van der Waals surface area contributed by atoms with Crippen molar-refractivity contribution in [3.05, 3.63) is 70.8 Å². The van der Waals surface area contributed by atoms with Crippen LogP contribution in [0.25, 0.3) is 0 Å². The molecule has 2 aromatic carbocycles. The van der Waals surface area contributed by atoms with E-state index >= 15 is 0 Å². The Balaban J connectivity index is 1.91. The van der Waals surface area contributed by atoms with Crippen LogP contribution in [0.15, 0.2) is 48.5 Å². The minimum Gasteiger partial charge on any atom is -0.380 e. The average Bonchev–Trinajstić information content (AvgIpc) is 2.62. The molecule has 5 rings (SSSR count). The molecule has 3 aliphatic rings. The van der Waals surface area contributed by atoms with Crippen LogP contribution in [0.2, 0.25) is 0 Å². The minimum atomic E-state index is -0.901. The van der Waals surface area contributed by atoms with Crippen LogP contribution in [0.3, 0.4) is 0 Å². The normalized spacial score (nSPS) is 29.0. The Morgan fingerprint density at radius 1 is 0.880 bits per heavy atom. The molecule has 0 unspecified atom stereocenters. The number of aryl methyl sites for hydroxylation is 2. The molecule has 0 aliphatic carbocycles. The SMILES string of the molecule is Cc1ccccc1C(O)(c1ccccc1C)[C@H]1C[N+]2(C)CCC1CC2. The van der Waals surface area contributed by atoms with Gasteiger partial charge >= 0.3 is 0 Å². The predicted octanol–water partition coefficient (Wildman–Crippen LogP) is 4.03. The lowest BCUT2D eigenvalue weighted by molar-refractivity contribution is -0.930. The molecule has 3 aliphatic heterocycles. The fourth-order valence-electron chi connectivity index (χ4n) is 5.44. The second-order valence-corrected chi connectivity index (χ2v) is 8.59. The van der Waals surface area contributed by atoms with Gasteiger partial charge in [0.2, 0.25) is 0 Å². The van der Waals surface area contributed by atoms with E-state index in [2.05, 4.69) is 69.4 Å². The summed E-state index contributed by atoms with van der Waals surface area (Å²) in [5.41, 5.74) is 3.66. The largest absolute Gasteiger partial charge is 0.380 e. The molecule has 2 heteroatoms. The molecule has 0 saturated carbocycles. The van der Waals surface area contributed by atoms with Gasteiger partial charge in [-0.15, -0.1) is 0 Å². The second-order valence-electron chi connectivity index (χ2n) is 8.59. The van der Waals surface area contributed by atoms with E-state index < -0.39 is 5.60 Å². The maximum absolute atomic E-state index is 12.4. The lowest BCUT2D eigenvalue weighted by atomic mass is 9.63. The van der Waals surface area contributed by atoms with Gasteiger partial charge in [-0.05, 0) is 42.0 Å². The van der Waals surface area contributed by atoms with Crippen molar-refractivity contribution in [2.75, 3.05) is 26.7 Å². The number of hydrogen-bond donors (Lipinski definition) is 1. The highest BCUT2D eigenvalue weighted by Crippen LogP contribution is 2.50. The van der Waals surface area contributed by atoms with E-state index in [4.69, 9.17) is 0 Å². The molecule has 1 atom stereocenters. The summed E-state index contributed by atoms with van der Waals surface area (Å²) in [6.45, 7) is 7.87. The molecule has 132 valence electrons.